The highest BCUT2D eigenvalue weighted by molar-refractivity contribution is 8.26. The van der Waals surface area contributed by atoms with E-state index in [1.54, 1.807) is 0 Å². The minimum absolute atomic E-state index is 0.0575. The van der Waals surface area contributed by atoms with Crippen LogP contribution < -0.4 is 0 Å². The van der Waals surface area contributed by atoms with Crippen LogP contribution in [0.3, 0.4) is 0 Å². The Kier molecular flexibility index (Phi) is 5.49. The number of amides is 1. The summed E-state index contributed by atoms with van der Waals surface area (Å²) in [5.41, 5.74) is 0.193. The maximum Gasteiger partial charge on any atom is 0.327 e. The molecule has 2 rings (SSSR count). The number of carbonyl (C=O) groups excluding carboxylic acids is 1. The van der Waals surface area contributed by atoms with Gasteiger partial charge in [0.25, 0.3) is 11.6 Å². The summed E-state index contributed by atoms with van der Waals surface area (Å²) in [4.78, 5) is 45.5. The molecule has 1 fully saturated rings. The Labute approximate surface area is 150 Å². The third kappa shape index (κ3) is 4.19. The number of nitro benzene ring substituents is 1. The van der Waals surface area contributed by atoms with E-state index >= 15 is 0 Å². The number of rotatable bonds is 6. The van der Waals surface area contributed by atoms with Crippen molar-refractivity contribution in [1.29, 1.82) is 0 Å². The number of hydrogen-bond acceptors (Lipinski definition) is 7. The lowest BCUT2D eigenvalue weighted by atomic mass is 10.1. The number of nitro groups is 1. The van der Waals surface area contributed by atoms with Gasteiger partial charge in [-0.2, -0.15) is 0 Å². The van der Waals surface area contributed by atoms with Gasteiger partial charge in [0.2, 0.25) is 0 Å². The Balaban J connectivity index is 2.34. The molecule has 11 heteroatoms. The third-order valence-corrected chi connectivity index (χ3v) is 4.50. The average molecular weight is 382 g/mol. The fourth-order valence-corrected chi connectivity index (χ4v) is 3.44. The molecule has 2 N–H and O–H groups in total. The van der Waals surface area contributed by atoms with Crippen molar-refractivity contribution < 1.29 is 29.5 Å². The molecule has 0 saturated carbocycles. The van der Waals surface area contributed by atoms with Gasteiger partial charge >= 0.3 is 11.9 Å². The van der Waals surface area contributed by atoms with Crippen LogP contribution in [0.4, 0.5) is 5.69 Å². The summed E-state index contributed by atoms with van der Waals surface area (Å²) in [6, 6.07) is 3.88. The van der Waals surface area contributed by atoms with E-state index in [2.05, 4.69) is 0 Å². The molecule has 0 aliphatic carbocycles. The molecule has 1 saturated heterocycles. The van der Waals surface area contributed by atoms with Crippen LogP contribution in [-0.4, -0.2) is 48.2 Å². The monoisotopic (exact) mass is 382 g/mol. The molecule has 130 valence electrons. The van der Waals surface area contributed by atoms with Gasteiger partial charge in [0.1, 0.15) is 10.4 Å². The van der Waals surface area contributed by atoms with Crippen molar-refractivity contribution in [2.75, 3.05) is 0 Å². The molecule has 1 aromatic rings. The zero-order valence-electron chi connectivity index (χ0n) is 12.3. The normalized spacial score (nSPS) is 17.0. The van der Waals surface area contributed by atoms with Gasteiger partial charge in [0.05, 0.1) is 16.2 Å². The highest BCUT2D eigenvalue weighted by atomic mass is 32.2. The minimum Gasteiger partial charge on any atom is -0.481 e. The van der Waals surface area contributed by atoms with Crippen molar-refractivity contribution in [3.05, 3.63) is 44.8 Å². The van der Waals surface area contributed by atoms with Crippen molar-refractivity contribution in [2.24, 2.45) is 0 Å². The molecule has 1 aliphatic heterocycles. The van der Waals surface area contributed by atoms with Crippen LogP contribution in [0.1, 0.15) is 12.0 Å². The molecular weight excluding hydrogens is 372 g/mol. The SMILES string of the molecule is O=C(O)C[C@@H](C(=O)O)N1C(=O)/C(=C/c2cccc([N+](=O)[O-])c2)SC1=S. The van der Waals surface area contributed by atoms with Gasteiger partial charge in [-0.05, 0) is 11.6 Å². The number of carboxylic acids is 2. The molecule has 1 aliphatic rings. The Hall–Kier alpha value is -2.79. The first-order chi connectivity index (χ1) is 11.7. The Morgan fingerprint density at radius 3 is 2.64 bits per heavy atom. The predicted octanol–water partition coefficient (Wildman–Crippen LogP) is 1.72. The molecule has 1 heterocycles. The van der Waals surface area contributed by atoms with Crippen LogP contribution in [0.5, 0.6) is 0 Å². The molecular formula is C14H10N2O7S2. The highest BCUT2D eigenvalue weighted by Crippen LogP contribution is 2.35. The first-order valence-electron chi connectivity index (χ1n) is 6.67. The lowest BCUT2D eigenvalue weighted by molar-refractivity contribution is -0.384. The standard InChI is InChI=1S/C14H10N2O7S2/c17-11(18)6-9(13(20)21)15-12(19)10(25-14(15)24)5-7-2-1-3-8(4-7)16(22)23/h1-5,9H,6H2,(H,17,18)(H,20,21)/b10-5-/t9-/m0/s1. The second-order valence-corrected chi connectivity index (χ2v) is 6.53. The van der Waals surface area contributed by atoms with Gasteiger partial charge in [-0.25, -0.2) is 4.79 Å². The van der Waals surface area contributed by atoms with Gasteiger partial charge in [-0.15, -0.1) is 0 Å². The van der Waals surface area contributed by atoms with Crippen LogP contribution in [0.25, 0.3) is 6.08 Å². The van der Waals surface area contributed by atoms with Crippen LogP contribution >= 0.6 is 24.0 Å². The lowest BCUT2D eigenvalue weighted by Crippen LogP contribution is -2.45. The summed E-state index contributed by atoms with van der Waals surface area (Å²) >= 11 is 5.80. The lowest BCUT2D eigenvalue weighted by Gasteiger charge is -2.21. The minimum atomic E-state index is -1.62. The number of carbonyl (C=O) groups is 3. The first-order valence-corrected chi connectivity index (χ1v) is 7.89. The van der Waals surface area contributed by atoms with Gasteiger partial charge < -0.3 is 10.2 Å². The number of benzene rings is 1. The average Bonchev–Trinajstić information content (AvgIpc) is 2.79. The quantitative estimate of drug-likeness (QED) is 0.326. The van der Waals surface area contributed by atoms with E-state index in [0.29, 0.717) is 5.56 Å². The van der Waals surface area contributed by atoms with Crippen molar-refractivity contribution in [3.8, 4) is 0 Å². The van der Waals surface area contributed by atoms with E-state index in [1.807, 2.05) is 0 Å². The van der Waals surface area contributed by atoms with Gasteiger partial charge in [-0.3, -0.25) is 24.6 Å². The van der Waals surface area contributed by atoms with E-state index in [-0.39, 0.29) is 14.9 Å². The second-order valence-electron chi connectivity index (χ2n) is 4.86. The maximum absolute atomic E-state index is 12.4. The molecule has 1 atom stereocenters. The first kappa shape index (κ1) is 18.5. The van der Waals surface area contributed by atoms with Crippen molar-refractivity contribution in [2.45, 2.75) is 12.5 Å². The summed E-state index contributed by atoms with van der Waals surface area (Å²) in [6.45, 7) is 0. The van der Waals surface area contributed by atoms with Gasteiger partial charge in [0.15, 0.2) is 0 Å². The summed E-state index contributed by atoms with van der Waals surface area (Å²) in [6.07, 6.45) is 0.540. The van der Waals surface area contributed by atoms with E-state index in [4.69, 9.17) is 17.3 Å². The van der Waals surface area contributed by atoms with Crippen LogP contribution in [0.2, 0.25) is 0 Å². The Morgan fingerprint density at radius 1 is 1.40 bits per heavy atom. The van der Waals surface area contributed by atoms with Crippen molar-refractivity contribution in [3.63, 3.8) is 0 Å². The van der Waals surface area contributed by atoms with E-state index < -0.39 is 35.2 Å². The highest BCUT2D eigenvalue weighted by Gasteiger charge is 2.41. The van der Waals surface area contributed by atoms with E-state index in [1.165, 1.54) is 30.3 Å². The molecule has 0 aromatic heterocycles. The van der Waals surface area contributed by atoms with Crippen molar-refractivity contribution >= 4 is 57.9 Å². The molecule has 1 aromatic carbocycles. The number of thioether (sulfide) groups is 1. The summed E-state index contributed by atoms with van der Waals surface area (Å²) < 4.78 is -0.0877. The van der Waals surface area contributed by atoms with Crippen molar-refractivity contribution in [1.82, 2.24) is 4.90 Å². The van der Waals surface area contributed by atoms with Gasteiger partial charge in [-0.1, -0.05) is 36.1 Å². The zero-order chi connectivity index (χ0) is 18.7. The Morgan fingerprint density at radius 2 is 2.08 bits per heavy atom. The number of thiocarbonyl (C=S) groups is 1. The smallest absolute Gasteiger partial charge is 0.327 e. The maximum atomic E-state index is 12.4. The Bertz CT molecular complexity index is 821. The number of nitrogens with zero attached hydrogens (tertiary/aromatic N) is 2. The summed E-state index contributed by atoms with van der Waals surface area (Å²) in [7, 11) is 0. The fraction of sp³-hybridized carbons (Fsp3) is 0.143. The van der Waals surface area contributed by atoms with E-state index in [0.717, 1.165) is 16.7 Å². The van der Waals surface area contributed by atoms with Crippen LogP contribution in [0.15, 0.2) is 29.2 Å². The number of aliphatic carboxylic acids is 2. The van der Waals surface area contributed by atoms with E-state index in [9.17, 15) is 29.6 Å². The van der Waals surface area contributed by atoms with Crippen LogP contribution in [0, 0.1) is 10.1 Å². The summed E-state index contributed by atoms with van der Waals surface area (Å²) in [5.74, 6) is -3.63. The zero-order valence-corrected chi connectivity index (χ0v) is 14.0. The number of non-ortho nitro benzene ring substituents is 1. The van der Waals surface area contributed by atoms with Gasteiger partial charge in [0, 0.05) is 12.1 Å². The molecule has 0 radical (unpaired) electrons. The number of hydrogen-bond donors (Lipinski definition) is 2. The molecule has 0 unspecified atom stereocenters. The largest absolute Gasteiger partial charge is 0.481 e. The fourth-order valence-electron chi connectivity index (χ4n) is 2.08. The predicted molar refractivity (Wildman–Crippen MR) is 91.8 cm³/mol. The molecule has 25 heavy (non-hydrogen) atoms. The third-order valence-electron chi connectivity index (χ3n) is 3.17. The topological polar surface area (TPSA) is 138 Å². The molecule has 9 nitrogen and oxygen atoms in total. The molecule has 1 amide bonds. The second kappa shape index (κ2) is 7.40. The number of carboxylic acid groups (broad SMARTS) is 2. The molecule has 0 spiro atoms. The summed E-state index contributed by atoms with van der Waals surface area (Å²) in [5, 5.41) is 28.8. The van der Waals surface area contributed by atoms with Crippen LogP contribution in [-0.2, 0) is 14.4 Å². The molecule has 0 bridgehead atoms.